The van der Waals surface area contributed by atoms with E-state index >= 15 is 0 Å². The summed E-state index contributed by atoms with van der Waals surface area (Å²) in [5.41, 5.74) is -2.15. The maximum absolute atomic E-state index is 12.8. The lowest BCUT2D eigenvalue weighted by Crippen LogP contribution is -2.07. The van der Waals surface area contributed by atoms with E-state index in [1.165, 1.54) is 6.07 Å². The molecule has 3 N–H and O–H groups in total. The van der Waals surface area contributed by atoms with Crippen LogP contribution in [0.15, 0.2) is 23.1 Å². The fraction of sp³-hybridized carbons (Fsp3) is 0.143. The summed E-state index contributed by atoms with van der Waals surface area (Å²) in [4.78, 5) is -0.507. The summed E-state index contributed by atoms with van der Waals surface area (Å²) in [6.45, 7) is 0. The minimum Gasteiger partial charge on any atom is -0.324 e. The van der Waals surface area contributed by atoms with Gasteiger partial charge in [0.2, 0.25) is 0 Å². The van der Waals surface area contributed by atoms with Crippen LogP contribution < -0.4 is 11.3 Å². The molecule has 1 aromatic carbocycles. The van der Waals surface area contributed by atoms with E-state index in [-0.39, 0.29) is 5.69 Å². The van der Waals surface area contributed by atoms with E-state index in [0.29, 0.717) is 0 Å². The number of halogens is 4. The van der Waals surface area contributed by atoms with Crippen molar-refractivity contribution in [3.8, 4) is 0 Å². The van der Waals surface area contributed by atoms with Crippen LogP contribution in [-0.4, -0.2) is 5.51 Å². The number of hydrogen-bond acceptors (Lipinski definition) is 3. The van der Waals surface area contributed by atoms with Crippen LogP contribution in [0.3, 0.4) is 0 Å². The van der Waals surface area contributed by atoms with Gasteiger partial charge in [-0.1, -0.05) is 0 Å². The molecule has 0 fully saturated rings. The van der Waals surface area contributed by atoms with E-state index in [0.717, 1.165) is 12.1 Å². The van der Waals surface area contributed by atoms with Crippen molar-refractivity contribution in [1.82, 2.24) is 0 Å². The number of alkyl halides is 3. The van der Waals surface area contributed by atoms with Gasteiger partial charge in [0.15, 0.2) is 0 Å². The molecule has 78 valence electrons. The van der Waals surface area contributed by atoms with Crippen molar-refractivity contribution in [2.75, 3.05) is 5.43 Å². The van der Waals surface area contributed by atoms with Crippen molar-refractivity contribution in [1.29, 1.82) is 0 Å². The fourth-order valence-corrected chi connectivity index (χ4v) is 1.40. The van der Waals surface area contributed by atoms with Crippen LogP contribution >= 0.6 is 11.8 Å². The van der Waals surface area contributed by atoms with E-state index < -0.39 is 28.0 Å². The van der Waals surface area contributed by atoms with Gasteiger partial charge in [0, 0.05) is 5.69 Å². The average Bonchev–Trinajstić information content (AvgIpc) is 2.06. The molecule has 0 atom stereocenters. The van der Waals surface area contributed by atoms with Crippen molar-refractivity contribution in [2.45, 2.75) is 10.4 Å². The summed E-state index contributed by atoms with van der Waals surface area (Å²) in [5.74, 6) is 4.04. The van der Waals surface area contributed by atoms with Gasteiger partial charge in [0.1, 0.15) is 5.82 Å². The highest BCUT2D eigenvalue weighted by Crippen LogP contribution is 2.38. The molecular formula is C7H6F4N2S. The van der Waals surface area contributed by atoms with Crippen LogP contribution in [0.1, 0.15) is 0 Å². The number of hydrogen-bond donors (Lipinski definition) is 2. The summed E-state index contributed by atoms with van der Waals surface area (Å²) < 4.78 is 48.6. The zero-order valence-corrected chi connectivity index (χ0v) is 7.55. The number of benzene rings is 1. The van der Waals surface area contributed by atoms with Crippen LogP contribution in [0, 0.1) is 5.82 Å². The van der Waals surface area contributed by atoms with Crippen molar-refractivity contribution < 1.29 is 17.6 Å². The Morgan fingerprint density at radius 3 is 2.43 bits per heavy atom. The van der Waals surface area contributed by atoms with Crippen LogP contribution in [0.4, 0.5) is 23.2 Å². The third-order valence-corrected chi connectivity index (χ3v) is 2.09. The van der Waals surface area contributed by atoms with Crippen LogP contribution in [0.5, 0.6) is 0 Å². The number of anilines is 1. The summed E-state index contributed by atoms with van der Waals surface area (Å²) in [6, 6.07) is 3.16. The molecule has 2 nitrogen and oxygen atoms in total. The molecule has 0 bridgehead atoms. The molecule has 0 saturated heterocycles. The summed E-state index contributed by atoms with van der Waals surface area (Å²) in [5, 5.41) is 0. The Morgan fingerprint density at radius 1 is 1.29 bits per heavy atom. The van der Waals surface area contributed by atoms with Gasteiger partial charge < -0.3 is 5.43 Å². The van der Waals surface area contributed by atoms with Gasteiger partial charge in [-0.15, -0.1) is 0 Å². The van der Waals surface area contributed by atoms with E-state index in [1.807, 2.05) is 0 Å². The van der Waals surface area contributed by atoms with Gasteiger partial charge >= 0.3 is 5.51 Å². The van der Waals surface area contributed by atoms with Crippen molar-refractivity contribution in [3.05, 3.63) is 24.0 Å². The third-order valence-electron chi connectivity index (χ3n) is 1.32. The monoisotopic (exact) mass is 226 g/mol. The zero-order chi connectivity index (χ0) is 10.8. The first-order valence-corrected chi connectivity index (χ1v) is 4.26. The van der Waals surface area contributed by atoms with Crippen LogP contribution in [-0.2, 0) is 0 Å². The minimum atomic E-state index is -4.51. The number of nitrogen functional groups attached to an aromatic ring is 1. The van der Waals surface area contributed by atoms with Gasteiger partial charge in [-0.3, -0.25) is 5.84 Å². The second-order valence-electron chi connectivity index (χ2n) is 2.34. The fourth-order valence-electron chi connectivity index (χ4n) is 0.796. The summed E-state index contributed by atoms with van der Waals surface area (Å²) in [6.07, 6.45) is 0. The Morgan fingerprint density at radius 2 is 1.93 bits per heavy atom. The summed E-state index contributed by atoms with van der Waals surface area (Å²) in [7, 11) is 0. The lowest BCUT2D eigenvalue weighted by molar-refractivity contribution is -0.0329. The van der Waals surface area contributed by atoms with E-state index in [2.05, 4.69) is 5.43 Å². The van der Waals surface area contributed by atoms with Gasteiger partial charge in [-0.25, -0.2) is 4.39 Å². The van der Waals surface area contributed by atoms with Crippen molar-refractivity contribution >= 4 is 17.4 Å². The molecule has 0 radical (unpaired) electrons. The minimum absolute atomic E-state index is 0.221. The Labute approximate surface area is 81.4 Å². The van der Waals surface area contributed by atoms with Gasteiger partial charge in [0.25, 0.3) is 0 Å². The molecule has 0 saturated carbocycles. The second kappa shape index (κ2) is 4.05. The Bertz CT molecular complexity index is 326. The van der Waals surface area contributed by atoms with E-state index in [1.54, 1.807) is 0 Å². The molecule has 0 aliphatic rings. The van der Waals surface area contributed by atoms with Gasteiger partial charge in [-0.05, 0) is 30.0 Å². The van der Waals surface area contributed by atoms with Crippen molar-refractivity contribution in [2.24, 2.45) is 5.84 Å². The van der Waals surface area contributed by atoms with Gasteiger partial charge in [0.05, 0.1) is 4.90 Å². The maximum atomic E-state index is 12.8. The SMILES string of the molecule is NNc1ccc(F)c(SC(F)(F)F)c1. The predicted octanol–water partition coefficient (Wildman–Crippen LogP) is 2.72. The molecule has 0 unspecified atom stereocenters. The topological polar surface area (TPSA) is 38.0 Å². The Balaban J connectivity index is 2.95. The first-order chi connectivity index (χ1) is 6.42. The van der Waals surface area contributed by atoms with Crippen LogP contribution in [0.2, 0.25) is 0 Å². The standard InChI is InChI=1S/C7H6F4N2S/c8-5-2-1-4(13-12)3-6(5)14-7(9,10)11/h1-3,13H,12H2. The normalized spacial score (nSPS) is 11.5. The first kappa shape index (κ1) is 11.1. The molecule has 1 rings (SSSR count). The molecule has 14 heavy (non-hydrogen) atoms. The lowest BCUT2D eigenvalue weighted by Gasteiger charge is -2.08. The molecule has 0 aliphatic carbocycles. The number of rotatable bonds is 2. The third kappa shape index (κ3) is 3.08. The molecular weight excluding hydrogens is 220 g/mol. The van der Waals surface area contributed by atoms with Gasteiger partial charge in [-0.2, -0.15) is 13.2 Å². The smallest absolute Gasteiger partial charge is 0.324 e. The first-order valence-electron chi connectivity index (χ1n) is 3.44. The molecule has 0 heterocycles. The van der Waals surface area contributed by atoms with E-state index in [9.17, 15) is 17.6 Å². The Hall–Kier alpha value is -0.950. The lowest BCUT2D eigenvalue weighted by atomic mass is 10.3. The number of nitrogens with two attached hydrogens (primary N) is 1. The highest BCUT2D eigenvalue weighted by atomic mass is 32.2. The second-order valence-corrected chi connectivity index (χ2v) is 3.44. The quantitative estimate of drug-likeness (QED) is 0.352. The molecule has 0 amide bonds. The number of thioether (sulfide) groups is 1. The highest BCUT2D eigenvalue weighted by molar-refractivity contribution is 8.00. The molecule has 1 aromatic rings. The number of nitrogens with one attached hydrogen (secondary N) is 1. The predicted molar refractivity (Wildman–Crippen MR) is 46.1 cm³/mol. The number of hydrazine groups is 1. The largest absolute Gasteiger partial charge is 0.446 e. The van der Waals surface area contributed by atoms with Crippen molar-refractivity contribution in [3.63, 3.8) is 0 Å². The molecule has 0 aromatic heterocycles. The maximum Gasteiger partial charge on any atom is 0.446 e. The van der Waals surface area contributed by atoms with E-state index in [4.69, 9.17) is 5.84 Å². The average molecular weight is 226 g/mol. The zero-order valence-electron chi connectivity index (χ0n) is 6.73. The molecule has 0 aliphatic heterocycles. The molecule has 0 spiro atoms. The summed E-state index contributed by atoms with van der Waals surface area (Å²) >= 11 is -0.514. The molecule has 7 heteroatoms. The van der Waals surface area contributed by atoms with Crippen LogP contribution in [0.25, 0.3) is 0 Å². The Kier molecular flexibility index (Phi) is 3.22. The highest BCUT2D eigenvalue weighted by Gasteiger charge is 2.30.